The number of rotatable bonds is 4. The van der Waals surface area contributed by atoms with E-state index in [1.807, 2.05) is 6.92 Å². The second kappa shape index (κ2) is 5.05. The third kappa shape index (κ3) is 4.14. The average Bonchev–Trinajstić information content (AvgIpc) is 1.86. The Kier molecular flexibility index (Phi) is 4.66. The molecule has 0 aromatic heterocycles. The summed E-state index contributed by atoms with van der Waals surface area (Å²) < 4.78 is 4.53. The molecular formula is C6H13NO3. The van der Waals surface area contributed by atoms with Crippen LogP contribution in [0.5, 0.6) is 0 Å². The molecule has 0 aromatic rings. The molecule has 0 bridgehead atoms. The van der Waals surface area contributed by atoms with Crippen LogP contribution in [-0.2, 0) is 4.74 Å². The SMILES string of the molecule is CCCC(CO)OC(N)=O. The summed E-state index contributed by atoms with van der Waals surface area (Å²) >= 11 is 0. The number of hydrogen-bond acceptors (Lipinski definition) is 3. The summed E-state index contributed by atoms with van der Waals surface area (Å²) in [5.41, 5.74) is 4.73. The van der Waals surface area contributed by atoms with Crippen molar-refractivity contribution in [3.8, 4) is 0 Å². The highest BCUT2D eigenvalue weighted by Crippen LogP contribution is 1.99. The largest absolute Gasteiger partial charge is 0.444 e. The van der Waals surface area contributed by atoms with Crippen molar-refractivity contribution in [1.29, 1.82) is 0 Å². The first kappa shape index (κ1) is 9.23. The molecule has 0 aromatic carbocycles. The molecule has 1 unspecified atom stereocenters. The van der Waals surface area contributed by atoms with E-state index in [0.29, 0.717) is 6.42 Å². The van der Waals surface area contributed by atoms with E-state index < -0.39 is 12.2 Å². The van der Waals surface area contributed by atoms with Crippen molar-refractivity contribution in [1.82, 2.24) is 0 Å². The topological polar surface area (TPSA) is 72.6 Å². The highest BCUT2D eigenvalue weighted by Gasteiger charge is 2.08. The molecule has 1 amide bonds. The third-order valence-electron chi connectivity index (χ3n) is 1.10. The van der Waals surface area contributed by atoms with Crippen molar-refractivity contribution in [3.05, 3.63) is 0 Å². The molecule has 0 fully saturated rings. The molecule has 0 heterocycles. The van der Waals surface area contributed by atoms with Crippen molar-refractivity contribution < 1.29 is 14.6 Å². The van der Waals surface area contributed by atoms with Crippen LogP contribution in [0.2, 0.25) is 0 Å². The molecule has 0 saturated carbocycles. The van der Waals surface area contributed by atoms with Crippen LogP contribution in [0.15, 0.2) is 0 Å². The smallest absolute Gasteiger partial charge is 0.404 e. The zero-order valence-electron chi connectivity index (χ0n) is 6.04. The molecule has 0 aliphatic rings. The Labute approximate surface area is 60.0 Å². The number of primary amides is 1. The van der Waals surface area contributed by atoms with Gasteiger partial charge in [-0.1, -0.05) is 13.3 Å². The van der Waals surface area contributed by atoms with Crippen molar-refractivity contribution in [2.45, 2.75) is 25.9 Å². The quantitative estimate of drug-likeness (QED) is 0.598. The molecule has 0 spiro atoms. The molecule has 10 heavy (non-hydrogen) atoms. The van der Waals surface area contributed by atoms with E-state index in [2.05, 4.69) is 4.74 Å². The van der Waals surface area contributed by atoms with Crippen LogP contribution >= 0.6 is 0 Å². The first-order valence-corrected chi connectivity index (χ1v) is 3.27. The van der Waals surface area contributed by atoms with E-state index >= 15 is 0 Å². The minimum atomic E-state index is -0.826. The summed E-state index contributed by atoms with van der Waals surface area (Å²) in [5, 5.41) is 8.57. The number of amides is 1. The van der Waals surface area contributed by atoms with Crippen molar-refractivity contribution >= 4 is 6.09 Å². The highest BCUT2D eigenvalue weighted by molar-refractivity contribution is 5.64. The van der Waals surface area contributed by atoms with Crippen LogP contribution < -0.4 is 5.73 Å². The van der Waals surface area contributed by atoms with Gasteiger partial charge in [0.15, 0.2) is 0 Å². The van der Waals surface area contributed by atoms with Crippen LogP contribution in [0.3, 0.4) is 0 Å². The fourth-order valence-electron chi connectivity index (χ4n) is 0.674. The van der Waals surface area contributed by atoms with E-state index in [-0.39, 0.29) is 6.61 Å². The first-order chi connectivity index (χ1) is 4.70. The Balaban J connectivity index is 3.49. The molecular weight excluding hydrogens is 134 g/mol. The molecule has 4 heteroatoms. The van der Waals surface area contributed by atoms with E-state index in [0.717, 1.165) is 6.42 Å². The second-order valence-electron chi connectivity index (χ2n) is 2.03. The van der Waals surface area contributed by atoms with Gasteiger partial charge in [0.1, 0.15) is 6.10 Å². The summed E-state index contributed by atoms with van der Waals surface area (Å²) in [5.74, 6) is 0. The average molecular weight is 147 g/mol. The normalized spacial score (nSPS) is 12.6. The van der Waals surface area contributed by atoms with Crippen molar-refractivity contribution in [2.24, 2.45) is 5.73 Å². The highest BCUT2D eigenvalue weighted by atomic mass is 16.6. The number of carbonyl (C=O) groups is 1. The van der Waals surface area contributed by atoms with E-state index in [9.17, 15) is 4.79 Å². The van der Waals surface area contributed by atoms with Crippen molar-refractivity contribution in [3.63, 3.8) is 0 Å². The summed E-state index contributed by atoms with van der Waals surface area (Å²) in [7, 11) is 0. The maximum Gasteiger partial charge on any atom is 0.404 e. The van der Waals surface area contributed by atoms with Crippen LogP contribution in [-0.4, -0.2) is 23.9 Å². The lowest BCUT2D eigenvalue weighted by Gasteiger charge is -2.11. The second-order valence-corrected chi connectivity index (χ2v) is 2.03. The van der Waals surface area contributed by atoms with Gasteiger partial charge in [0.2, 0.25) is 0 Å². The zero-order chi connectivity index (χ0) is 7.98. The van der Waals surface area contributed by atoms with Gasteiger partial charge in [-0.2, -0.15) is 0 Å². The van der Waals surface area contributed by atoms with Crippen LogP contribution in [0.4, 0.5) is 4.79 Å². The monoisotopic (exact) mass is 147 g/mol. The van der Waals surface area contributed by atoms with Crippen LogP contribution in [0.25, 0.3) is 0 Å². The summed E-state index contributed by atoms with van der Waals surface area (Å²) in [6.07, 6.45) is 0.257. The van der Waals surface area contributed by atoms with E-state index in [1.54, 1.807) is 0 Å². The van der Waals surface area contributed by atoms with Gasteiger partial charge in [-0.05, 0) is 6.42 Å². The molecule has 4 nitrogen and oxygen atoms in total. The Morgan fingerprint density at radius 2 is 2.40 bits per heavy atom. The zero-order valence-corrected chi connectivity index (χ0v) is 6.04. The Morgan fingerprint density at radius 3 is 2.70 bits per heavy atom. The minimum Gasteiger partial charge on any atom is -0.444 e. The molecule has 0 radical (unpaired) electrons. The number of carbonyl (C=O) groups excluding carboxylic acids is 1. The summed E-state index contributed by atoms with van der Waals surface area (Å²) in [6.45, 7) is 1.78. The lowest BCUT2D eigenvalue weighted by Crippen LogP contribution is -2.25. The van der Waals surface area contributed by atoms with Gasteiger partial charge in [0.05, 0.1) is 6.61 Å². The lowest BCUT2D eigenvalue weighted by molar-refractivity contribution is 0.0582. The maximum absolute atomic E-state index is 10.1. The Bertz CT molecular complexity index is 105. The molecule has 1 atom stereocenters. The summed E-state index contributed by atoms with van der Waals surface area (Å²) in [4.78, 5) is 10.1. The Morgan fingerprint density at radius 1 is 1.80 bits per heavy atom. The van der Waals surface area contributed by atoms with Gasteiger partial charge in [0.25, 0.3) is 0 Å². The fourth-order valence-corrected chi connectivity index (χ4v) is 0.674. The van der Waals surface area contributed by atoms with Gasteiger partial charge >= 0.3 is 6.09 Å². The number of ether oxygens (including phenoxy) is 1. The predicted octanol–water partition coefficient (Wildman–Crippen LogP) is 0.243. The minimum absolute atomic E-state index is 0.156. The Hall–Kier alpha value is -0.770. The number of aliphatic hydroxyl groups excluding tert-OH is 1. The maximum atomic E-state index is 10.1. The fraction of sp³-hybridized carbons (Fsp3) is 0.833. The molecule has 3 N–H and O–H groups in total. The number of nitrogens with two attached hydrogens (primary N) is 1. The third-order valence-corrected chi connectivity index (χ3v) is 1.10. The standard InChI is InChI=1S/C6H13NO3/c1-2-3-5(4-8)10-6(7)9/h5,8H,2-4H2,1H3,(H2,7,9). The van der Waals surface area contributed by atoms with Gasteiger partial charge in [-0.3, -0.25) is 0 Å². The predicted molar refractivity (Wildman–Crippen MR) is 36.5 cm³/mol. The first-order valence-electron chi connectivity index (χ1n) is 3.27. The lowest BCUT2D eigenvalue weighted by atomic mass is 10.2. The summed E-state index contributed by atoms with van der Waals surface area (Å²) in [6, 6.07) is 0. The number of hydrogen-bond donors (Lipinski definition) is 2. The number of aliphatic hydroxyl groups is 1. The van der Waals surface area contributed by atoms with Gasteiger partial charge in [0, 0.05) is 0 Å². The van der Waals surface area contributed by atoms with E-state index in [4.69, 9.17) is 10.8 Å². The molecule has 0 rings (SSSR count). The molecule has 60 valence electrons. The molecule has 0 aliphatic carbocycles. The van der Waals surface area contributed by atoms with E-state index in [1.165, 1.54) is 0 Å². The van der Waals surface area contributed by atoms with Gasteiger partial charge in [-0.15, -0.1) is 0 Å². The van der Waals surface area contributed by atoms with Gasteiger partial charge < -0.3 is 15.6 Å². The van der Waals surface area contributed by atoms with Crippen LogP contribution in [0, 0.1) is 0 Å². The van der Waals surface area contributed by atoms with Crippen molar-refractivity contribution in [2.75, 3.05) is 6.61 Å². The molecule has 0 aliphatic heterocycles. The van der Waals surface area contributed by atoms with Crippen LogP contribution in [0.1, 0.15) is 19.8 Å². The van der Waals surface area contributed by atoms with Gasteiger partial charge in [-0.25, -0.2) is 4.79 Å². The molecule has 0 saturated heterocycles.